The first-order chi connectivity index (χ1) is 7.04. The molecule has 7 heteroatoms. The smallest absolute Gasteiger partial charge is 0.176 e. The molecule has 0 radical (unpaired) electrons. The molecule has 1 aliphatic rings. The average molecular weight is 211 g/mol. The molecule has 0 aromatic heterocycles. The van der Waals surface area contributed by atoms with Gasteiger partial charge in [-0.05, 0) is 11.5 Å². The van der Waals surface area contributed by atoms with Crippen LogP contribution in [0.5, 0.6) is 0 Å². The van der Waals surface area contributed by atoms with Crippen molar-refractivity contribution in [2.75, 3.05) is 7.05 Å². The van der Waals surface area contributed by atoms with Crippen molar-refractivity contribution in [3.8, 4) is 0 Å². The summed E-state index contributed by atoms with van der Waals surface area (Å²) in [7, 11) is 1.05. The minimum absolute atomic E-state index is 0.888. The fourth-order valence-corrected chi connectivity index (χ4v) is 0.961. The molecule has 1 aliphatic carbocycles. The number of hydrogen-bond acceptors (Lipinski definition) is 4. The molecule has 0 aromatic rings. The minimum Gasteiger partial charge on any atom is -0.869 e. The molecule has 0 saturated carbocycles. The molecular weight excluding hydrogens is 208 g/mol. The van der Waals surface area contributed by atoms with Crippen LogP contribution in [0.25, 0.3) is 4.95 Å². The number of hydrogen-bond donors (Lipinski definition) is 0. The van der Waals surface area contributed by atoms with E-state index in [1.165, 1.54) is 0 Å². The molecule has 0 amide bonds. The third kappa shape index (κ3) is 1.57. The molecule has 15 heavy (non-hydrogen) atoms. The summed E-state index contributed by atoms with van der Waals surface area (Å²) in [4.78, 5) is 5.51. The molecule has 1 rings (SSSR count). The van der Waals surface area contributed by atoms with Gasteiger partial charge in [-0.2, -0.15) is 6.57 Å². The van der Waals surface area contributed by atoms with Crippen LogP contribution in [0.1, 0.15) is 0 Å². The highest BCUT2D eigenvalue weighted by molar-refractivity contribution is 6.24. The predicted octanol–water partition coefficient (Wildman–Crippen LogP) is -0.571. The van der Waals surface area contributed by atoms with Gasteiger partial charge >= 0.3 is 0 Å². The second-order valence-electron chi connectivity index (χ2n) is 2.41. The lowest BCUT2D eigenvalue weighted by Crippen LogP contribution is -2.32. The number of halogens is 2. The SMILES string of the molecule is [C-]#[N+]/N=C1/C([O-])=C(F)C(=NC)C([O-])=C1F. The number of allylic oxidation sites excluding steroid dienone is 2. The van der Waals surface area contributed by atoms with Gasteiger partial charge in [0, 0.05) is 7.05 Å². The normalized spacial score (nSPS) is 22.5. The lowest BCUT2D eigenvalue weighted by atomic mass is 10.1. The molecule has 0 N–H and O–H groups in total. The summed E-state index contributed by atoms with van der Waals surface area (Å²) >= 11 is 0. The van der Waals surface area contributed by atoms with Gasteiger partial charge in [-0.3, -0.25) is 4.99 Å². The predicted molar refractivity (Wildman–Crippen MR) is 43.7 cm³/mol. The van der Waals surface area contributed by atoms with Crippen LogP contribution in [-0.4, -0.2) is 18.5 Å². The molecule has 0 aromatic carbocycles. The highest BCUT2D eigenvalue weighted by Gasteiger charge is 2.24. The van der Waals surface area contributed by atoms with Crippen LogP contribution < -0.4 is 10.2 Å². The van der Waals surface area contributed by atoms with E-state index < -0.39 is 34.6 Å². The van der Waals surface area contributed by atoms with E-state index in [0.29, 0.717) is 0 Å². The molecule has 78 valence electrons. The first kappa shape index (κ1) is 10.8. The molecule has 0 aliphatic heterocycles. The first-order valence-electron chi connectivity index (χ1n) is 3.60. The fourth-order valence-electron chi connectivity index (χ4n) is 0.961. The van der Waals surface area contributed by atoms with Crippen LogP contribution in [0.2, 0.25) is 0 Å². The first-order valence-corrected chi connectivity index (χ1v) is 3.60. The van der Waals surface area contributed by atoms with E-state index in [-0.39, 0.29) is 0 Å². The lowest BCUT2D eigenvalue weighted by Gasteiger charge is -2.24. The minimum atomic E-state index is -1.56. The summed E-state index contributed by atoms with van der Waals surface area (Å²) in [5, 5.41) is 24.8. The van der Waals surface area contributed by atoms with Crippen LogP contribution in [0, 0.1) is 6.57 Å². The molecule has 5 nitrogen and oxygen atoms in total. The van der Waals surface area contributed by atoms with Gasteiger partial charge in [-0.1, -0.05) is 0 Å². The zero-order valence-electron chi connectivity index (χ0n) is 7.41. The van der Waals surface area contributed by atoms with Gasteiger partial charge in [0.2, 0.25) is 0 Å². The van der Waals surface area contributed by atoms with Crippen LogP contribution in [-0.2, 0) is 0 Å². The summed E-state index contributed by atoms with van der Waals surface area (Å²) in [6.07, 6.45) is 0. The van der Waals surface area contributed by atoms with Crippen molar-refractivity contribution >= 4 is 11.4 Å². The third-order valence-corrected chi connectivity index (χ3v) is 1.62. The summed E-state index contributed by atoms with van der Waals surface area (Å²) < 4.78 is 26.2. The average Bonchev–Trinajstić information content (AvgIpc) is 2.23. The van der Waals surface area contributed by atoms with E-state index >= 15 is 0 Å². The van der Waals surface area contributed by atoms with Crippen LogP contribution in [0.4, 0.5) is 8.78 Å². The van der Waals surface area contributed by atoms with Gasteiger partial charge in [-0.15, -0.1) is 4.95 Å². The van der Waals surface area contributed by atoms with Crippen LogP contribution in [0.3, 0.4) is 0 Å². The monoisotopic (exact) mass is 211 g/mol. The van der Waals surface area contributed by atoms with Crippen LogP contribution in [0.15, 0.2) is 33.3 Å². The van der Waals surface area contributed by atoms with E-state index in [9.17, 15) is 19.0 Å². The molecule has 0 fully saturated rings. The molecule has 0 atom stereocenters. The Hall–Kier alpha value is -2.23. The van der Waals surface area contributed by atoms with Crippen molar-refractivity contribution < 1.29 is 19.0 Å². The molecule has 0 bridgehead atoms. The van der Waals surface area contributed by atoms with Gasteiger partial charge in [0.25, 0.3) is 0 Å². The summed E-state index contributed by atoms with van der Waals surface area (Å²) in [5.74, 6) is -5.87. The zero-order chi connectivity index (χ0) is 11.6. The van der Waals surface area contributed by atoms with Gasteiger partial charge in [0.1, 0.15) is 11.7 Å². The van der Waals surface area contributed by atoms with Gasteiger partial charge < -0.3 is 10.2 Å². The quantitative estimate of drug-likeness (QED) is 0.305. The lowest BCUT2D eigenvalue weighted by molar-refractivity contribution is -0.300. The Bertz CT molecular complexity index is 439. The topological polar surface area (TPSA) is 75.2 Å². The Morgan fingerprint density at radius 2 is 1.60 bits per heavy atom. The Morgan fingerprint density at radius 3 is 2.07 bits per heavy atom. The zero-order valence-corrected chi connectivity index (χ0v) is 7.41. The van der Waals surface area contributed by atoms with E-state index in [1.807, 2.05) is 0 Å². The van der Waals surface area contributed by atoms with Gasteiger partial charge in [0.15, 0.2) is 5.71 Å². The van der Waals surface area contributed by atoms with Crippen molar-refractivity contribution in [1.29, 1.82) is 0 Å². The second kappa shape index (κ2) is 3.88. The molecular formula is C8H3F2N3O2-2. The van der Waals surface area contributed by atoms with E-state index in [4.69, 9.17) is 6.57 Å². The maximum absolute atomic E-state index is 13.1. The fraction of sp³-hybridized carbons (Fsp3) is 0.125. The highest BCUT2D eigenvalue weighted by Crippen LogP contribution is 2.22. The summed E-state index contributed by atoms with van der Waals surface area (Å²) in [6, 6.07) is 0. The molecule has 0 heterocycles. The second-order valence-corrected chi connectivity index (χ2v) is 2.41. The van der Waals surface area contributed by atoms with Crippen molar-refractivity contribution in [3.05, 3.63) is 34.7 Å². The van der Waals surface area contributed by atoms with Crippen molar-refractivity contribution in [3.63, 3.8) is 0 Å². The Kier molecular flexibility index (Phi) is 2.80. The van der Waals surface area contributed by atoms with Crippen molar-refractivity contribution in [1.82, 2.24) is 0 Å². The van der Waals surface area contributed by atoms with Crippen molar-refractivity contribution in [2.45, 2.75) is 0 Å². The largest absolute Gasteiger partial charge is 0.869 e. The highest BCUT2D eigenvalue weighted by atomic mass is 19.1. The third-order valence-electron chi connectivity index (χ3n) is 1.62. The van der Waals surface area contributed by atoms with E-state index in [1.54, 1.807) is 0 Å². The van der Waals surface area contributed by atoms with Crippen LogP contribution >= 0.6 is 0 Å². The molecule has 0 saturated heterocycles. The maximum atomic E-state index is 13.1. The summed E-state index contributed by atoms with van der Waals surface area (Å²) in [6.45, 7) is 6.28. The van der Waals surface area contributed by atoms with Crippen molar-refractivity contribution in [2.24, 2.45) is 10.1 Å². The molecule has 0 spiro atoms. The Balaban J connectivity index is 3.48. The number of nitrogens with zero attached hydrogens (tertiary/aromatic N) is 3. The van der Waals surface area contributed by atoms with Gasteiger partial charge in [-0.25, -0.2) is 8.78 Å². The standard InChI is InChI=1S/C8H5F2N3O2/c1-11-5-3(9)8(15)6(13-12-2)4(10)7(5)14/h14-15H,1H3/p-2/b11-5?,13-6+. The Morgan fingerprint density at radius 1 is 1.13 bits per heavy atom. The van der Waals surface area contributed by atoms with E-state index in [0.717, 1.165) is 7.05 Å². The number of rotatable bonds is 0. The van der Waals surface area contributed by atoms with E-state index in [2.05, 4.69) is 15.0 Å². The summed E-state index contributed by atoms with van der Waals surface area (Å²) in [5.41, 5.74) is -2.00. The molecule has 0 unspecified atom stereocenters. The van der Waals surface area contributed by atoms with Gasteiger partial charge in [0.05, 0.1) is 10.8 Å². The Labute approximate surface area is 83.2 Å². The maximum Gasteiger partial charge on any atom is 0.176 e. The number of aliphatic imine (C=N–C) groups is 1.